The number of carboxylic acid groups (broad SMARTS) is 1. The third kappa shape index (κ3) is 3.77. The van der Waals surface area contributed by atoms with Crippen molar-refractivity contribution in [3.05, 3.63) is 0 Å². The van der Waals surface area contributed by atoms with Crippen LogP contribution in [0.5, 0.6) is 0 Å². The lowest BCUT2D eigenvalue weighted by Crippen LogP contribution is -2.31. The molecular weight excluding hydrogens is 184 g/mol. The van der Waals surface area contributed by atoms with Crippen molar-refractivity contribution in [1.82, 2.24) is 0 Å². The number of rotatable bonds is 6. The predicted octanol–water partition coefficient (Wildman–Crippen LogP) is 1.69. The van der Waals surface area contributed by atoms with E-state index in [2.05, 4.69) is 0 Å². The molecular formula is C10H18O4. The van der Waals surface area contributed by atoms with Crippen LogP contribution in [0.25, 0.3) is 0 Å². The van der Waals surface area contributed by atoms with Gasteiger partial charge < -0.3 is 9.84 Å². The number of hydrogen-bond donors (Lipinski definition) is 1. The van der Waals surface area contributed by atoms with Crippen LogP contribution in [-0.2, 0) is 14.3 Å². The molecule has 0 aromatic carbocycles. The minimum Gasteiger partial charge on any atom is -0.481 e. The molecule has 0 saturated carbocycles. The first-order valence-corrected chi connectivity index (χ1v) is 4.94. The van der Waals surface area contributed by atoms with Gasteiger partial charge in [0.25, 0.3) is 0 Å². The number of hydrogen-bond acceptors (Lipinski definition) is 3. The van der Waals surface area contributed by atoms with Crippen molar-refractivity contribution in [2.45, 2.75) is 33.6 Å². The zero-order valence-corrected chi connectivity index (χ0v) is 8.95. The van der Waals surface area contributed by atoms with Crippen LogP contribution in [0.1, 0.15) is 33.6 Å². The van der Waals surface area contributed by atoms with Gasteiger partial charge in [0.1, 0.15) is 0 Å². The van der Waals surface area contributed by atoms with Gasteiger partial charge in [0.05, 0.1) is 6.61 Å². The van der Waals surface area contributed by atoms with Crippen molar-refractivity contribution < 1.29 is 19.4 Å². The summed E-state index contributed by atoms with van der Waals surface area (Å²) in [5.41, 5.74) is 0. The predicted molar refractivity (Wildman–Crippen MR) is 51.8 cm³/mol. The minimum atomic E-state index is -1.09. The molecule has 0 rings (SSSR count). The first kappa shape index (κ1) is 12.9. The third-order valence-electron chi connectivity index (χ3n) is 2.12. The van der Waals surface area contributed by atoms with Crippen LogP contribution < -0.4 is 0 Å². The fraction of sp³-hybridized carbons (Fsp3) is 0.800. The highest BCUT2D eigenvalue weighted by Gasteiger charge is 2.32. The number of carboxylic acids is 1. The van der Waals surface area contributed by atoms with E-state index in [1.54, 1.807) is 13.8 Å². The zero-order valence-electron chi connectivity index (χ0n) is 8.95. The van der Waals surface area contributed by atoms with Gasteiger partial charge in [-0.15, -0.1) is 0 Å². The number of ether oxygens (including phenoxy) is 1. The van der Waals surface area contributed by atoms with Gasteiger partial charge >= 0.3 is 11.9 Å². The maximum Gasteiger partial charge on any atom is 0.320 e. The van der Waals surface area contributed by atoms with Crippen LogP contribution in [0, 0.1) is 11.8 Å². The molecule has 14 heavy (non-hydrogen) atoms. The summed E-state index contributed by atoms with van der Waals surface area (Å²) in [6.45, 7) is 5.61. The molecule has 2 atom stereocenters. The lowest BCUT2D eigenvalue weighted by molar-refractivity contribution is -0.160. The summed E-state index contributed by atoms with van der Waals surface area (Å²) >= 11 is 0. The minimum absolute atomic E-state index is 0.170. The molecule has 0 aromatic rings. The van der Waals surface area contributed by atoms with Gasteiger partial charge in [0, 0.05) is 0 Å². The molecule has 0 radical (unpaired) electrons. The Bertz CT molecular complexity index is 200. The Morgan fingerprint density at radius 1 is 1.36 bits per heavy atom. The highest BCUT2D eigenvalue weighted by atomic mass is 16.5. The molecule has 0 spiro atoms. The van der Waals surface area contributed by atoms with Crippen molar-refractivity contribution in [1.29, 1.82) is 0 Å². The summed E-state index contributed by atoms with van der Waals surface area (Å²) in [6.07, 6.45) is 1.58. The van der Waals surface area contributed by atoms with E-state index in [1.165, 1.54) is 0 Å². The van der Waals surface area contributed by atoms with E-state index in [-0.39, 0.29) is 12.5 Å². The van der Waals surface area contributed by atoms with E-state index in [0.29, 0.717) is 0 Å². The van der Waals surface area contributed by atoms with Crippen LogP contribution in [0.15, 0.2) is 0 Å². The standard InChI is InChI=1S/C10H18O4/c1-4-6-7(3)8(9(11)12)10(13)14-5-2/h7-8H,4-6H2,1-3H3,(H,11,12). The number of esters is 1. The fourth-order valence-corrected chi connectivity index (χ4v) is 1.43. The average Bonchev–Trinajstić information content (AvgIpc) is 2.04. The summed E-state index contributed by atoms with van der Waals surface area (Å²) in [6, 6.07) is 0. The molecule has 2 unspecified atom stereocenters. The normalized spacial score (nSPS) is 14.5. The highest BCUT2D eigenvalue weighted by Crippen LogP contribution is 2.19. The first-order valence-electron chi connectivity index (χ1n) is 4.94. The molecule has 4 nitrogen and oxygen atoms in total. The summed E-state index contributed by atoms with van der Waals surface area (Å²) < 4.78 is 4.71. The number of carbonyl (C=O) groups excluding carboxylic acids is 1. The van der Waals surface area contributed by atoms with Crippen LogP contribution in [-0.4, -0.2) is 23.7 Å². The molecule has 0 heterocycles. The van der Waals surface area contributed by atoms with E-state index in [1.807, 2.05) is 6.92 Å². The largest absolute Gasteiger partial charge is 0.481 e. The van der Waals surface area contributed by atoms with Gasteiger partial charge in [0.2, 0.25) is 0 Å². The van der Waals surface area contributed by atoms with Crippen LogP contribution in [0.3, 0.4) is 0 Å². The van der Waals surface area contributed by atoms with Crippen molar-refractivity contribution >= 4 is 11.9 Å². The molecule has 4 heteroatoms. The van der Waals surface area contributed by atoms with Gasteiger partial charge in [-0.25, -0.2) is 0 Å². The van der Waals surface area contributed by atoms with E-state index >= 15 is 0 Å². The van der Waals surface area contributed by atoms with Crippen molar-refractivity contribution in [2.75, 3.05) is 6.61 Å². The molecule has 1 N–H and O–H groups in total. The fourth-order valence-electron chi connectivity index (χ4n) is 1.43. The monoisotopic (exact) mass is 202 g/mol. The van der Waals surface area contributed by atoms with Gasteiger partial charge in [-0.3, -0.25) is 9.59 Å². The summed E-state index contributed by atoms with van der Waals surface area (Å²) in [7, 11) is 0. The zero-order chi connectivity index (χ0) is 11.1. The molecule has 0 aromatic heterocycles. The lowest BCUT2D eigenvalue weighted by Gasteiger charge is -2.17. The van der Waals surface area contributed by atoms with E-state index in [4.69, 9.17) is 9.84 Å². The molecule has 0 aliphatic heterocycles. The Morgan fingerprint density at radius 3 is 2.29 bits per heavy atom. The van der Waals surface area contributed by atoms with Gasteiger partial charge in [0.15, 0.2) is 5.92 Å². The van der Waals surface area contributed by atoms with Crippen LogP contribution >= 0.6 is 0 Å². The molecule has 0 amide bonds. The lowest BCUT2D eigenvalue weighted by atomic mass is 9.90. The maximum atomic E-state index is 11.3. The van der Waals surface area contributed by atoms with Crippen molar-refractivity contribution in [3.8, 4) is 0 Å². The van der Waals surface area contributed by atoms with E-state index in [0.717, 1.165) is 12.8 Å². The Labute approximate surface area is 84.3 Å². The number of carbonyl (C=O) groups is 2. The molecule has 0 bridgehead atoms. The molecule has 82 valence electrons. The van der Waals surface area contributed by atoms with Crippen molar-refractivity contribution in [3.63, 3.8) is 0 Å². The third-order valence-corrected chi connectivity index (χ3v) is 2.12. The van der Waals surface area contributed by atoms with Gasteiger partial charge in [-0.1, -0.05) is 20.3 Å². The molecule has 0 aliphatic carbocycles. The average molecular weight is 202 g/mol. The quantitative estimate of drug-likeness (QED) is 0.526. The molecule has 0 aliphatic rings. The molecule has 0 saturated heterocycles. The summed E-state index contributed by atoms with van der Waals surface area (Å²) in [5, 5.41) is 8.87. The summed E-state index contributed by atoms with van der Waals surface area (Å²) in [4.78, 5) is 22.1. The second-order valence-electron chi connectivity index (χ2n) is 3.33. The topological polar surface area (TPSA) is 63.6 Å². The SMILES string of the molecule is CCCC(C)C(C(=O)O)C(=O)OCC. The Kier molecular flexibility index (Phi) is 5.92. The van der Waals surface area contributed by atoms with E-state index < -0.39 is 17.9 Å². The first-order chi connectivity index (χ1) is 6.54. The Hall–Kier alpha value is -1.06. The highest BCUT2D eigenvalue weighted by molar-refractivity contribution is 5.94. The number of aliphatic carboxylic acids is 1. The van der Waals surface area contributed by atoms with Crippen LogP contribution in [0.4, 0.5) is 0 Å². The summed E-state index contributed by atoms with van der Waals surface area (Å²) in [5.74, 6) is -2.91. The van der Waals surface area contributed by atoms with Crippen LogP contribution in [0.2, 0.25) is 0 Å². The van der Waals surface area contributed by atoms with Gasteiger partial charge in [-0.05, 0) is 19.3 Å². The van der Waals surface area contributed by atoms with Crippen molar-refractivity contribution in [2.24, 2.45) is 11.8 Å². The smallest absolute Gasteiger partial charge is 0.320 e. The second kappa shape index (κ2) is 6.40. The molecule has 0 fully saturated rings. The maximum absolute atomic E-state index is 11.3. The Balaban J connectivity index is 4.42. The second-order valence-corrected chi connectivity index (χ2v) is 3.33. The Morgan fingerprint density at radius 2 is 1.93 bits per heavy atom. The van der Waals surface area contributed by atoms with Gasteiger partial charge in [-0.2, -0.15) is 0 Å². The van der Waals surface area contributed by atoms with E-state index in [9.17, 15) is 9.59 Å².